The van der Waals surface area contributed by atoms with Crippen molar-refractivity contribution in [1.82, 2.24) is 0 Å². The van der Waals surface area contributed by atoms with E-state index in [0.717, 1.165) is 22.1 Å². The SMILES string of the molecule is FCCCOc1ccc2cc(C#CCCl)ccc2c1. The number of fused-ring (bicyclic) bond motifs is 1. The molecule has 0 aliphatic heterocycles. The highest BCUT2D eigenvalue weighted by atomic mass is 35.5. The third-order valence-electron chi connectivity index (χ3n) is 2.66. The van der Waals surface area contributed by atoms with Crippen LogP contribution in [-0.4, -0.2) is 19.2 Å². The number of alkyl halides is 2. The van der Waals surface area contributed by atoms with Gasteiger partial charge in [-0.2, -0.15) is 0 Å². The van der Waals surface area contributed by atoms with Gasteiger partial charge in [-0.05, 0) is 35.0 Å². The Bertz CT molecular complexity index is 613. The smallest absolute Gasteiger partial charge is 0.119 e. The highest BCUT2D eigenvalue weighted by Crippen LogP contribution is 2.22. The fraction of sp³-hybridized carbons (Fsp3) is 0.250. The van der Waals surface area contributed by atoms with Crippen molar-refractivity contribution < 1.29 is 9.13 Å². The first-order valence-corrected chi connectivity index (χ1v) is 6.64. The minimum atomic E-state index is -0.351. The minimum Gasteiger partial charge on any atom is -0.493 e. The van der Waals surface area contributed by atoms with Gasteiger partial charge in [0.05, 0.1) is 19.2 Å². The lowest BCUT2D eigenvalue weighted by Crippen LogP contribution is -1.97. The maximum atomic E-state index is 12.0. The van der Waals surface area contributed by atoms with Gasteiger partial charge < -0.3 is 4.74 Å². The van der Waals surface area contributed by atoms with E-state index in [9.17, 15) is 4.39 Å². The molecule has 0 spiro atoms. The molecular weight excluding hydrogens is 263 g/mol. The average molecular weight is 277 g/mol. The van der Waals surface area contributed by atoms with Crippen molar-refractivity contribution in [2.75, 3.05) is 19.2 Å². The summed E-state index contributed by atoms with van der Waals surface area (Å²) in [5, 5.41) is 2.17. The molecule has 1 nitrogen and oxygen atoms in total. The molecule has 0 fully saturated rings. The summed E-state index contributed by atoms with van der Waals surface area (Å²) >= 11 is 5.53. The summed E-state index contributed by atoms with van der Waals surface area (Å²) in [4.78, 5) is 0. The van der Waals surface area contributed by atoms with Crippen LogP contribution in [0.2, 0.25) is 0 Å². The quantitative estimate of drug-likeness (QED) is 0.463. The predicted molar refractivity (Wildman–Crippen MR) is 77.6 cm³/mol. The molecule has 2 rings (SSSR count). The zero-order valence-corrected chi connectivity index (χ0v) is 11.2. The molecule has 0 N–H and O–H groups in total. The van der Waals surface area contributed by atoms with Crippen molar-refractivity contribution in [3.63, 3.8) is 0 Å². The molecule has 0 aromatic heterocycles. The van der Waals surface area contributed by atoms with E-state index in [0.29, 0.717) is 18.9 Å². The molecule has 0 saturated carbocycles. The number of halogens is 2. The average Bonchev–Trinajstić information content (AvgIpc) is 2.45. The Morgan fingerprint density at radius 1 is 1.11 bits per heavy atom. The van der Waals surface area contributed by atoms with Gasteiger partial charge in [-0.25, -0.2) is 0 Å². The van der Waals surface area contributed by atoms with Crippen LogP contribution in [0.15, 0.2) is 36.4 Å². The number of rotatable bonds is 4. The summed E-state index contributed by atoms with van der Waals surface area (Å²) in [6.45, 7) is 0.0530. The molecule has 0 aliphatic carbocycles. The molecule has 0 bridgehead atoms. The molecule has 3 heteroatoms. The van der Waals surface area contributed by atoms with Crippen LogP contribution < -0.4 is 4.74 Å². The highest BCUT2D eigenvalue weighted by molar-refractivity contribution is 6.19. The Morgan fingerprint density at radius 2 is 1.89 bits per heavy atom. The largest absolute Gasteiger partial charge is 0.493 e. The van der Waals surface area contributed by atoms with Gasteiger partial charge >= 0.3 is 0 Å². The van der Waals surface area contributed by atoms with Crippen molar-refractivity contribution in [3.8, 4) is 17.6 Å². The van der Waals surface area contributed by atoms with Crippen molar-refractivity contribution in [2.24, 2.45) is 0 Å². The summed E-state index contributed by atoms with van der Waals surface area (Å²) in [6.07, 6.45) is 0.422. The van der Waals surface area contributed by atoms with Crippen molar-refractivity contribution in [2.45, 2.75) is 6.42 Å². The Morgan fingerprint density at radius 3 is 2.68 bits per heavy atom. The summed E-state index contributed by atoms with van der Waals surface area (Å²) < 4.78 is 17.5. The number of hydrogen-bond donors (Lipinski definition) is 0. The van der Waals surface area contributed by atoms with Gasteiger partial charge in [0.2, 0.25) is 0 Å². The maximum Gasteiger partial charge on any atom is 0.119 e. The Kier molecular flexibility index (Phi) is 5.06. The first-order valence-electron chi connectivity index (χ1n) is 6.11. The second-order valence-corrected chi connectivity index (χ2v) is 4.32. The first kappa shape index (κ1) is 13.7. The lowest BCUT2D eigenvalue weighted by Gasteiger charge is -2.06. The zero-order valence-electron chi connectivity index (χ0n) is 10.5. The molecule has 98 valence electrons. The van der Waals surface area contributed by atoms with Crippen LogP contribution in [0.4, 0.5) is 4.39 Å². The van der Waals surface area contributed by atoms with Gasteiger partial charge in [-0.1, -0.05) is 24.0 Å². The van der Waals surface area contributed by atoms with Crippen LogP contribution in [0.3, 0.4) is 0 Å². The highest BCUT2D eigenvalue weighted by Gasteiger charge is 1.98. The summed E-state index contributed by atoms with van der Waals surface area (Å²) in [5.41, 5.74) is 0.944. The van der Waals surface area contributed by atoms with E-state index in [-0.39, 0.29) is 6.67 Å². The fourth-order valence-electron chi connectivity index (χ4n) is 1.77. The van der Waals surface area contributed by atoms with E-state index in [2.05, 4.69) is 11.8 Å². The summed E-state index contributed by atoms with van der Waals surface area (Å²) in [7, 11) is 0. The molecule has 19 heavy (non-hydrogen) atoms. The van der Waals surface area contributed by atoms with Gasteiger partial charge in [0.15, 0.2) is 0 Å². The third kappa shape index (κ3) is 3.87. The van der Waals surface area contributed by atoms with Crippen LogP contribution in [0, 0.1) is 11.8 Å². The number of hydrogen-bond acceptors (Lipinski definition) is 1. The molecule has 2 aromatic rings. The second kappa shape index (κ2) is 7.01. The minimum absolute atomic E-state index is 0.333. The molecule has 0 saturated heterocycles. The van der Waals surface area contributed by atoms with Crippen molar-refractivity contribution in [3.05, 3.63) is 42.0 Å². The van der Waals surface area contributed by atoms with Gasteiger partial charge in [0, 0.05) is 12.0 Å². The van der Waals surface area contributed by atoms with Crippen LogP contribution in [0.5, 0.6) is 5.75 Å². The van der Waals surface area contributed by atoms with Gasteiger partial charge in [0.25, 0.3) is 0 Å². The van der Waals surface area contributed by atoms with Gasteiger partial charge in [-0.15, -0.1) is 11.6 Å². The van der Waals surface area contributed by atoms with Crippen LogP contribution in [-0.2, 0) is 0 Å². The van der Waals surface area contributed by atoms with Crippen LogP contribution >= 0.6 is 11.6 Å². The van der Waals surface area contributed by atoms with E-state index >= 15 is 0 Å². The standard InChI is InChI=1S/C16H14ClFO/c17-8-1-3-13-4-5-15-12-16(19-10-2-9-18)7-6-14(15)11-13/h4-7,11-12H,2,8-10H2. The summed E-state index contributed by atoms with van der Waals surface area (Å²) in [5.74, 6) is 6.92. The third-order valence-corrected chi connectivity index (χ3v) is 2.79. The van der Waals surface area contributed by atoms with E-state index < -0.39 is 0 Å². The second-order valence-electron chi connectivity index (χ2n) is 4.05. The van der Waals surface area contributed by atoms with E-state index in [4.69, 9.17) is 16.3 Å². The topological polar surface area (TPSA) is 9.23 Å². The van der Waals surface area contributed by atoms with Gasteiger partial charge in [-0.3, -0.25) is 4.39 Å². The Labute approximate surface area is 117 Å². The van der Waals surface area contributed by atoms with E-state index in [1.807, 2.05) is 36.4 Å². The van der Waals surface area contributed by atoms with Crippen molar-refractivity contribution >= 4 is 22.4 Å². The zero-order chi connectivity index (χ0) is 13.5. The number of benzene rings is 2. The number of ether oxygens (including phenoxy) is 1. The first-order chi connectivity index (χ1) is 9.33. The lowest BCUT2D eigenvalue weighted by atomic mass is 10.1. The molecule has 0 unspecified atom stereocenters. The Hall–Kier alpha value is -1.72. The summed E-state index contributed by atoms with van der Waals surface area (Å²) in [6, 6.07) is 11.8. The molecule has 0 radical (unpaired) electrons. The molecule has 0 heterocycles. The molecule has 0 aliphatic rings. The van der Waals surface area contributed by atoms with Gasteiger partial charge in [0.1, 0.15) is 5.75 Å². The van der Waals surface area contributed by atoms with E-state index in [1.165, 1.54) is 0 Å². The fourth-order valence-corrected chi connectivity index (χ4v) is 1.84. The van der Waals surface area contributed by atoms with Crippen LogP contribution in [0.25, 0.3) is 10.8 Å². The monoisotopic (exact) mass is 276 g/mol. The maximum absolute atomic E-state index is 12.0. The Balaban J connectivity index is 2.20. The normalized spacial score (nSPS) is 10.0. The lowest BCUT2D eigenvalue weighted by molar-refractivity contribution is 0.290. The molecule has 2 aromatic carbocycles. The molecule has 0 amide bonds. The van der Waals surface area contributed by atoms with Crippen molar-refractivity contribution in [1.29, 1.82) is 0 Å². The predicted octanol–water partition coefficient (Wildman–Crippen LogP) is 4.17. The van der Waals surface area contributed by atoms with E-state index in [1.54, 1.807) is 0 Å². The van der Waals surface area contributed by atoms with Crippen LogP contribution in [0.1, 0.15) is 12.0 Å². The molecule has 0 atom stereocenters. The molecular formula is C16H14ClFO.